The second-order valence-corrected chi connectivity index (χ2v) is 8.96. The summed E-state index contributed by atoms with van der Waals surface area (Å²) in [6.45, 7) is 5.07. The van der Waals surface area contributed by atoms with Crippen LogP contribution in [-0.4, -0.2) is 61.3 Å². The number of nitrogens with zero attached hydrogens (tertiary/aromatic N) is 3. The van der Waals surface area contributed by atoms with Crippen molar-refractivity contribution in [2.75, 3.05) is 33.7 Å². The van der Waals surface area contributed by atoms with E-state index in [1.165, 1.54) is 16.0 Å². The minimum atomic E-state index is -0.127. The summed E-state index contributed by atoms with van der Waals surface area (Å²) in [7, 11) is 4.12. The van der Waals surface area contributed by atoms with Crippen molar-refractivity contribution in [3.63, 3.8) is 0 Å². The molecule has 0 spiro atoms. The first-order valence-corrected chi connectivity index (χ1v) is 11.3. The van der Waals surface area contributed by atoms with Gasteiger partial charge in [0.15, 0.2) is 5.96 Å². The summed E-state index contributed by atoms with van der Waals surface area (Å²) in [4.78, 5) is 34.0. The lowest BCUT2D eigenvalue weighted by Gasteiger charge is -2.19. The average molecular weight is 424 g/mol. The molecule has 31 heavy (non-hydrogen) atoms. The zero-order valence-electron chi connectivity index (χ0n) is 18.7. The highest BCUT2D eigenvalue weighted by Crippen LogP contribution is 2.52. The first kappa shape index (κ1) is 21.6. The third-order valence-electron chi connectivity index (χ3n) is 6.55. The number of hydrogen-bond acceptors (Lipinski definition) is 4. The lowest BCUT2D eigenvalue weighted by Crippen LogP contribution is -2.43. The van der Waals surface area contributed by atoms with Crippen molar-refractivity contribution in [3.05, 3.63) is 47.5 Å². The topological polar surface area (TPSA) is 77.0 Å². The van der Waals surface area contributed by atoms with Crippen molar-refractivity contribution in [2.24, 2.45) is 28.7 Å². The summed E-state index contributed by atoms with van der Waals surface area (Å²) in [6, 6.07) is 8.33. The van der Waals surface area contributed by atoms with Gasteiger partial charge in [0.2, 0.25) is 11.8 Å². The first-order valence-electron chi connectivity index (χ1n) is 11.3. The van der Waals surface area contributed by atoms with Crippen molar-refractivity contribution < 1.29 is 9.59 Å². The Morgan fingerprint density at radius 2 is 1.71 bits per heavy atom. The van der Waals surface area contributed by atoms with Crippen molar-refractivity contribution >= 4 is 17.8 Å². The fourth-order valence-corrected chi connectivity index (χ4v) is 5.18. The van der Waals surface area contributed by atoms with E-state index in [1.54, 1.807) is 0 Å². The van der Waals surface area contributed by atoms with Crippen LogP contribution in [0, 0.1) is 23.7 Å². The normalized spacial score (nSPS) is 26.8. The summed E-state index contributed by atoms with van der Waals surface area (Å²) in [5.41, 5.74) is 2.45. The van der Waals surface area contributed by atoms with E-state index in [2.05, 4.69) is 60.0 Å². The largest absolute Gasteiger partial charge is 0.357 e. The number of benzene rings is 1. The van der Waals surface area contributed by atoms with E-state index in [9.17, 15) is 9.59 Å². The second-order valence-electron chi connectivity index (χ2n) is 8.96. The third kappa shape index (κ3) is 4.37. The number of carbonyl (C=O) groups is 2. The lowest BCUT2D eigenvalue weighted by molar-refractivity contribution is -0.140. The lowest BCUT2D eigenvalue weighted by atomic mass is 9.85. The summed E-state index contributed by atoms with van der Waals surface area (Å²) >= 11 is 0. The standard InChI is InChI=1S/C24H33N5O2/c1-4-25-24(27-14-18-7-5-6-8-19(18)15-28(2)3)26-11-12-29-22(30)20-16-9-10-17(13-16)21(20)23(29)31/h5-10,16-17,20-21H,4,11-15H2,1-3H3,(H2,25,26,27). The van der Waals surface area contributed by atoms with Crippen LogP contribution >= 0.6 is 0 Å². The average Bonchev–Trinajstić information content (AvgIpc) is 3.42. The fourth-order valence-electron chi connectivity index (χ4n) is 5.18. The smallest absolute Gasteiger partial charge is 0.233 e. The molecule has 7 nitrogen and oxygen atoms in total. The molecule has 2 N–H and O–H groups in total. The van der Waals surface area contributed by atoms with E-state index in [1.807, 2.05) is 13.0 Å². The highest BCUT2D eigenvalue weighted by molar-refractivity contribution is 6.06. The Morgan fingerprint density at radius 3 is 2.32 bits per heavy atom. The fraction of sp³-hybridized carbons (Fsp3) is 0.542. The Kier molecular flexibility index (Phi) is 6.41. The van der Waals surface area contributed by atoms with Crippen LogP contribution in [-0.2, 0) is 22.7 Å². The summed E-state index contributed by atoms with van der Waals surface area (Å²) in [5.74, 6) is 0.968. The SMILES string of the molecule is CCNC(=NCc1ccccc1CN(C)C)NCCN1C(=O)C2C3C=CC(C3)C2C1=O. The van der Waals surface area contributed by atoms with Crippen LogP contribution in [0.2, 0.25) is 0 Å². The van der Waals surface area contributed by atoms with Crippen LogP contribution in [0.25, 0.3) is 0 Å². The Balaban J connectivity index is 1.34. The van der Waals surface area contributed by atoms with Crippen LogP contribution in [0.15, 0.2) is 41.4 Å². The molecule has 1 aromatic rings. The van der Waals surface area contributed by atoms with Crippen LogP contribution in [0.5, 0.6) is 0 Å². The van der Waals surface area contributed by atoms with Gasteiger partial charge in [-0.15, -0.1) is 0 Å². The third-order valence-corrected chi connectivity index (χ3v) is 6.55. The minimum Gasteiger partial charge on any atom is -0.357 e. The number of rotatable bonds is 8. The van der Waals surface area contributed by atoms with Gasteiger partial charge in [0.25, 0.3) is 0 Å². The van der Waals surface area contributed by atoms with Gasteiger partial charge in [-0.05, 0) is 50.4 Å². The molecule has 4 rings (SSSR count). The molecular formula is C24H33N5O2. The van der Waals surface area contributed by atoms with E-state index in [0.717, 1.165) is 19.5 Å². The zero-order valence-corrected chi connectivity index (χ0v) is 18.7. The number of fused-ring (bicyclic) bond motifs is 5. The number of hydrogen-bond donors (Lipinski definition) is 2. The molecule has 1 saturated heterocycles. The summed E-state index contributed by atoms with van der Waals surface area (Å²) in [5, 5.41) is 6.54. The molecule has 0 aromatic heterocycles. The molecule has 3 aliphatic rings. The molecule has 0 radical (unpaired) electrons. The predicted octanol–water partition coefficient (Wildman–Crippen LogP) is 1.61. The summed E-state index contributed by atoms with van der Waals surface area (Å²) < 4.78 is 0. The van der Waals surface area contributed by atoms with Crippen molar-refractivity contribution in [1.29, 1.82) is 0 Å². The van der Waals surface area contributed by atoms with Crippen LogP contribution in [0.4, 0.5) is 0 Å². The number of aliphatic imine (C=N–C) groups is 1. The Morgan fingerprint density at radius 1 is 1.06 bits per heavy atom. The molecule has 7 heteroatoms. The van der Waals surface area contributed by atoms with Crippen molar-refractivity contribution in [1.82, 2.24) is 20.4 Å². The number of likely N-dealkylation sites (tertiary alicyclic amines) is 1. The van der Waals surface area contributed by atoms with E-state index in [-0.39, 0.29) is 35.5 Å². The van der Waals surface area contributed by atoms with Gasteiger partial charge >= 0.3 is 0 Å². The number of imide groups is 1. The van der Waals surface area contributed by atoms with Crippen LogP contribution in [0.3, 0.4) is 0 Å². The minimum absolute atomic E-state index is 0.00759. The van der Waals surface area contributed by atoms with Crippen LogP contribution < -0.4 is 10.6 Å². The second kappa shape index (κ2) is 9.22. The monoisotopic (exact) mass is 423 g/mol. The van der Waals surface area contributed by atoms with Gasteiger partial charge in [-0.3, -0.25) is 14.5 Å². The molecule has 2 bridgehead atoms. The molecule has 1 aromatic carbocycles. The molecule has 2 fully saturated rings. The maximum Gasteiger partial charge on any atom is 0.233 e. The maximum atomic E-state index is 12.8. The molecule has 2 amide bonds. The number of guanidine groups is 1. The zero-order chi connectivity index (χ0) is 22.0. The Bertz CT molecular complexity index is 864. The quantitative estimate of drug-likeness (QED) is 0.288. The van der Waals surface area contributed by atoms with Crippen molar-refractivity contribution in [2.45, 2.75) is 26.4 Å². The predicted molar refractivity (Wildman–Crippen MR) is 121 cm³/mol. The van der Waals surface area contributed by atoms with E-state index in [4.69, 9.17) is 4.99 Å². The molecule has 4 unspecified atom stereocenters. The van der Waals surface area contributed by atoms with Gasteiger partial charge in [-0.2, -0.15) is 0 Å². The van der Waals surface area contributed by atoms with E-state index < -0.39 is 0 Å². The number of allylic oxidation sites excluding steroid dienone is 2. The highest BCUT2D eigenvalue weighted by atomic mass is 16.2. The summed E-state index contributed by atoms with van der Waals surface area (Å²) in [6.07, 6.45) is 5.22. The number of carbonyl (C=O) groups excluding carboxylic acids is 2. The van der Waals surface area contributed by atoms with E-state index >= 15 is 0 Å². The van der Waals surface area contributed by atoms with Gasteiger partial charge in [0, 0.05) is 26.2 Å². The van der Waals surface area contributed by atoms with Crippen LogP contribution in [0.1, 0.15) is 24.5 Å². The molecule has 1 saturated carbocycles. The maximum absolute atomic E-state index is 12.8. The first-order chi connectivity index (χ1) is 15.0. The van der Waals surface area contributed by atoms with Gasteiger partial charge in [-0.1, -0.05) is 36.4 Å². The number of amides is 2. The Labute approximate surface area is 184 Å². The molecule has 1 aliphatic heterocycles. The molecule has 2 aliphatic carbocycles. The number of nitrogens with one attached hydrogen (secondary N) is 2. The van der Waals surface area contributed by atoms with Gasteiger partial charge in [-0.25, -0.2) is 4.99 Å². The van der Waals surface area contributed by atoms with E-state index in [0.29, 0.717) is 25.6 Å². The van der Waals surface area contributed by atoms with Gasteiger partial charge < -0.3 is 15.5 Å². The highest BCUT2D eigenvalue weighted by Gasteiger charge is 2.58. The van der Waals surface area contributed by atoms with Gasteiger partial charge in [0.1, 0.15) is 0 Å². The van der Waals surface area contributed by atoms with Gasteiger partial charge in [0.05, 0.1) is 18.4 Å². The molecular weight excluding hydrogens is 390 g/mol. The Hall–Kier alpha value is -2.67. The van der Waals surface area contributed by atoms with Crippen molar-refractivity contribution in [3.8, 4) is 0 Å². The molecule has 166 valence electrons. The molecule has 4 atom stereocenters. The molecule has 1 heterocycles.